The maximum atomic E-state index is 12.4. The Hall–Kier alpha value is -1.41. The molecule has 14 heavy (non-hydrogen) atoms. The van der Waals surface area contributed by atoms with Gasteiger partial charge in [-0.1, -0.05) is 11.6 Å². The Labute approximate surface area is 82.9 Å². The third-order valence-corrected chi connectivity index (χ3v) is 1.94. The third-order valence-electron chi connectivity index (χ3n) is 1.60. The first kappa shape index (κ1) is 10.7. The second kappa shape index (κ2) is 4.20. The number of alkyl halides is 2. The number of nitrogens with zero attached hydrogens (tertiary/aromatic N) is 1. The van der Waals surface area contributed by atoms with Gasteiger partial charge in [-0.2, -0.15) is 5.26 Å². The molecule has 1 aromatic rings. The first-order valence-electron chi connectivity index (χ1n) is 3.63. The summed E-state index contributed by atoms with van der Waals surface area (Å²) in [6.45, 7) is 0. The minimum atomic E-state index is -2.84. The van der Waals surface area contributed by atoms with E-state index in [9.17, 15) is 13.6 Å². The molecule has 1 N–H and O–H groups in total. The molecular formula is C8H5ClF2N2O. The molecule has 0 aliphatic rings. The first-order valence-corrected chi connectivity index (χ1v) is 4.00. The highest BCUT2D eigenvalue weighted by atomic mass is 35.5. The van der Waals surface area contributed by atoms with Gasteiger partial charge in [-0.15, -0.1) is 0 Å². The minimum absolute atomic E-state index is 0.0243. The molecule has 0 aliphatic heterocycles. The molecule has 1 heterocycles. The van der Waals surface area contributed by atoms with Crippen molar-refractivity contribution >= 4 is 11.6 Å². The second-order valence-corrected chi connectivity index (χ2v) is 2.92. The Bertz CT molecular complexity index is 436. The number of halogens is 3. The van der Waals surface area contributed by atoms with Crippen molar-refractivity contribution in [1.82, 2.24) is 4.98 Å². The van der Waals surface area contributed by atoms with Crippen LogP contribution in [0.3, 0.4) is 0 Å². The normalized spacial score (nSPS) is 10.2. The van der Waals surface area contributed by atoms with Gasteiger partial charge in [0.1, 0.15) is 0 Å². The monoisotopic (exact) mass is 218 g/mol. The molecule has 0 unspecified atom stereocenters. The molecule has 1 rings (SSSR count). The fraction of sp³-hybridized carbons (Fsp3) is 0.250. The molecule has 0 aliphatic carbocycles. The largest absolute Gasteiger partial charge is 0.321 e. The molecule has 0 spiro atoms. The summed E-state index contributed by atoms with van der Waals surface area (Å²) >= 11 is 5.55. The van der Waals surface area contributed by atoms with Crippen LogP contribution in [0, 0.1) is 11.3 Å². The van der Waals surface area contributed by atoms with E-state index >= 15 is 0 Å². The Kier molecular flexibility index (Phi) is 3.20. The molecule has 0 atom stereocenters. The maximum Gasteiger partial charge on any atom is 0.278 e. The molecule has 6 heteroatoms. The van der Waals surface area contributed by atoms with Gasteiger partial charge < -0.3 is 4.98 Å². The van der Waals surface area contributed by atoms with Gasteiger partial charge in [0, 0.05) is 11.6 Å². The number of aromatic amines is 1. The molecular weight excluding hydrogens is 214 g/mol. The SMILES string of the molecule is N#CCc1c(Cl)cc(=O)[nH]c1C(F)F. The van der Waals surface area contributed by atoms with Crippen LogP contribution >= 0.6 is 11.6 Å². The van der Waals surface area contributed by atoms with E-state index in [2.05, 4.69) is 0 Å². The van der Waals surface area contributed by atoms with Crippen molar-refractivity contribution in [3.05, 3.63) is 32.7 Å². The molecule has 1 aromatic heterocycles. The van der Waals surface area contributed by atoms with E-state index in [1.54, 1.807) is 6.07 Å². The lowest BCUT2D eigenvalue weighted by molar-refractivity contribution is 0.144. The summed E-state index contributed by atoms with van der Waals surface area (Å²) in [5.74, 6) is 0. The first-order chi connectivity index (χ1) is 6.56. The number of H-pyrrole nitrogens is 1. The van der Waals surface area contributed by atoms with Crippen LogP contribution in [-0.4, -0.2) is 4.98 Å². The maximum absolute atomic E-state index is 12.4. The molecule has 0 saturated heterocycles. The molecule has 0 bridgehead atoms. The number of rotatable bonds is 2. The van der Waals surface area contributed by atoms with Gasteiger partial charge in [-0.05, 0) is 0 Å². The summed E-state index contributed by atoms with van der Waals surface area (Å²) < 4.78 is 24.7. The van der Waals surface area contributed by atoms with Crippen LogP contribution in [0.4, 0.5) is 8.78 Å². The second-order valence-electron chi connectivity index (χ2n) is 2.51. The fourth-order valence-electron chi connectivity index (χ4n) is 1.02. The minimum Gasteiger partial charge on any atom is -0.321 e. The molecule has 0 radical (unpaired) electrons. The van der Waals surface area contributed by atoms with Crippen LogP contribution < -0.4 is 5.56 Å². The predicted molar refractivity (Wildman–Crippen MR) is 46.3 cm³/mol. The molecule has 0 aromatic carbocycles. The van der Waals surface area contributed by atoms with E-state index in [-0.39, 0.29) is 17.0 Å². The number of nitriles is 1. The van der Waals surface area contributed by atoms with Crippen molar-refractivity contribution in [3.8, 4) is 6.07 Å². The third kappa shape index (κ3) is 2.09. The zero-order chi connectivity index (χ0) is 10.7. The summed E-state index contributed by atoms with van der Waals surface area (Å²) in [4.78, 5) is 12.8. The van der Waals surface area contributed by atoms with Crippen LogP contribution in [0.1, 0.15) is 17.7 Å². The van der Waals surface area contributed by atoms with Crippen LogP contribution in [-0.2, 0) is 6.42 Å². The van der Waals surface area contributed by atoms with Gasteiger partial charge in [-0.3, -0.25) is 4.79 Å². The Morgan fingerprint density at radius 3 is 2.79 bits per heavy atom. The van der Waals surface area contributed by atoms with E-state index in [1.165, 1.54) is 0 Å². The van der Waals surface area contributed by atoms with Gasteiger partial charge in [0.15, 0.2) is 0 Å². The lowest BCUT2D eigenvalue weighted by atomic mass is 10.1. The van der Waals surface area contributed by atoms with Crippen molar-refractivity contribution in [1.29, 1.82) is 5.26 Å². The van der Waals surface area contributed by atoms with Crippen LogP contribution in [0.2, 0.25) is 5.02 Å². The summed E-state index contributed by atoms with van der Waals surface area (Å²) in [6, 6.07) is 2.67. The zero-order valence-corrected chi connectivity index (χ0v) is 7.61. The lowest BCUT2D eigenvalue weighted by Gasteiger charge is -2.06. The van der Waals surface area contributed by atoms with E-state index in [0.717, 1.165) is 6.07 Å². The van der Waals surface area contributed by atoms with E-state index in [0.29, 0.717) is 0 Å². The molecule has 0 fully saturated rings. The molecule has 0 saturated carbocycles. The van der Waals surface area contributed by atoms with Crippen LogP contribution in [0.5, 0.6) is 0 Å². The van der Waals surface area contributed by atoms with Crippen molar-refractivity contribution in [2.24, 2.45) is 0 Å². The van der Waals surface area contributed by atoms with E-state index in [1.807, 2.05) is 4.98 Å². The number of hydrogen-bond acceptors (Lipinski definition) is 2. The predicted octanol–water partition coefficient (Wildman–Crippen LogP) is 2.03. The number of pyridine rings is 1. The summed E-state index contributed by atoms with van der Waals surface area (Å²) in [6.07, 6.45) is -3.10. The Morgan fingerprint density at radius 1 is 1.64 bits per heavy atom. The average molecular weight is 219 g/mol. The highest BCUT2D eigenvalue weighted by Gasteiger charge is 2.16. The number of aromatic nitrogens is 1. The fourth-order valence-corrected chi connectivity index (χ4v) is 1.29. The summed E-state index contributed by atoms with van der Waals surface area (Å²) in [5, 5.41) is 8.27. The van der Waals surface area contributed by atoms with E-state index in [4.69, 9.17) is 16.9 Å². The van der Waals surface area contributed by atoms with Gasteiger partial charge in [-0.25, -0.2) is 8.78 Å². The molecule has 74 valence electrons. The Morgan fingerprint density at radius 2 is 2.29 bits per heavy atom. The van der Waals surface area contributed by atoms with E-state index < -0.39 is 17.7 Å². The zero-order valence-electron chi connectivity index (χ0n) is 6.85. The Balaban J connectivity index is 3.38. The highest BCUT2D eigenvalue weighted by Crippen LogP contribution is 2.24. The smallest absolute Gasteiger partial charge is 0.278 e. The van der Waals surface area contributed by atoms with Gasteiger partial charge >= 0.3 is 0 Å². The average Bonchev–Trinajstić information content (AvgIpc) is 2.09. The van der Waals surface area contributed by atoms with Gasteiger partial charge in [0.2, 0.25) is 5.56 Å². The van der Waals surface area contributed by atoms with Crippen LogP contribution in [0.15, 0.2) is 10.9 Å². The quantitative estimate of drug-likeness (QED) is 0.826. The lowest BCUT2D eigenvalue weighted by Crippen LogP contribution is -2.11. The highest BCUT2D eigenvalue weighted by molar-refractivity contribution is 6.31. The molecule has 0 amide bonds. The molecule has 3 nitrogen and oxygen atoms in total. The van der Waals surface area contributed by atoms with Crippen molar-refractivity contribution in [2.75, 3.05) is 0 Å². The topological polar surface area (TPSA) is 56.6 Å². The number of hydrogen-bond donors (Lipinski definition) is 1. The summed E-state index contributed by atoms with van der Waals surface area (Å²) in [7, 11) is 0. The van der Waals surface area contributed by atoms with Crippen LogP contribution in [0.25, 0.3) is 0 Å². The van der Waals surface area contributed by atoms with Crippen molar-refractivity contribution in [2.45, 2.75) is 12.8 Å². The van der Waals surface area contributed by atoms with Crippen molar-refractivity contribution < 1.29 is 8.78 Å². The van der Waals surface area contributed by atoms with Crippen molar-refractivity contribution in [3.63, 3.8) is 0 Å². The van der Waals surface area contributed by atoms with Gasteiger partial charge in [0.25, 0.3) is 6.43 Å². The van der Waals surface area contributed by atoms with Gasteiger partial charge in [0.05, 0.1) is 23.2 Å². The summed E-state index contributed by atoms with van der Waals surface area (Å²) in [5.41, 5.74) is -1.31. The number of nitrogens with one attached hydrogen (secondary N) is 1. The standard InChI is InChI=1S/C8H5ClF2N2O/c9-5-3-6(14)13-7(8(10)11)4(5)1-2-12/h3,8H,1H2,(H,13,14).